The molecule has 1 aromatic carbocycles. The summed E-state index contributed by atoms with van der Waals surface area (Å²) >= 11 is 0. The van der Waals surface area contributed by atoms with Gasteiger partial charge in [-0.05, 0) is 12.1 Å². The number of nitrogens with zero attached hydrogens (tertiary/aromatic N) is 3. The Bertz CT molecular complexity index is 868. The largest absolute Gasteiger partial charge is 0.375 e. The molecule has 0 saturated heterocycles. The predicted octanol–water partition coefficient (Wildman–Crippen LogP) is 1.61. The Balaban J connectivity index is 1.85. The Kier molecular flexibility index (Phi) is 3.68. The molecule has 0 aliphatic carbocycles. The van der Waals surface area contributed by atoms with Crippen molar-refractivity contribution in [1.82, 2.24) is 19.7 Å². The lowest BCUT2D eigenvalue weighted by Gasteiger charge is -2.07. The van der Waals surface area contributed by atoms with Crippen LogP contribution >= 0.6 is 0 Å². The third kappa shape index (κ3) is 3.01. The van der Waals surface area contributed by atoms with Crippen molar-refractivity contribution in [2.45, 2.75) is 11.4 Å². The molecule has 0 radical (unpaired) electrons. The zero-order chi connectivity index (χ0) is 15.6. The number of hydrogen-bond donors (Lipinski definition) is 2. The number of rotatable bonds is 5. The van der Waals surface area contributed by atoms with Gasteiger partial charge in [0.1, 0.15) is 5.82 Å². The molecule has 2 N–H and O–H groups in total. The minimum Gasteiger partial charge on any atom is -0.375 e. The average Bonchev–Trinajstić information content (AvgIpc) is 3.16. The number of H-pyrrole nitrogens is 1. The molecule has 8 heteroatoms. The van der Waals surface area contributed by atoms with Gasteiger partial charge in [0, 0.05) is 18.6 Å². The van der Waals surface area contributed by atoms with Crippen LogP contribution in [0.15, 0.2) is 53.9 Å². The van der Waals surface area contributed by atoms with Gasteiger partial charge in [-0.3, -0.25) is 0 Å². The minimum absolute atomic E-state index is 0.246. The maximum Gasteiger partial charge on any atom is 0.177 e. The molecule has 0 spiro atoms. The van der Waals surface area contributed by atoms with E-state index in [0.717, 1.165) is 11.5 Å². The Hall–Kier alpha value is -2.61. The van der Waals surface area contributed by atoms with Crippen molar-refractivity contribution in [2.24, 2.45) is 0 Å². The van der Waals surface area contributed by atoms with E-state index >= 15 is 0 Å². The van der Waals surface area contributed by atoms with E-state index in [-0.39, 0.29) is 4.90 Å². The van der Waals surface area contributed by atoms with Crippen molar-refractivity contribution in [2.75, 3.05) is 11.6 Å². The fourth-order valence-corrected chi connectivity index (χ4v) is 2.95. The first-order valence-corrected chi connectivity index (χ1v) is 8.49. The molecule has 7 nitrogen and oxygen atoms in total. The van der Waals surface area contributed by atoms with Gasteiger partial charge in [0.2, 0.25) is 0 Å². The Labute approximate surface area is 127 Å². The second-order valence-electron chi connectivity index (χ2n) is 4.80. The number of sulfone groups is 1. The highest BCUT2D eigenvalue weighted by Gasteiger charge is 2.14. The van der Waals surface area contributed by atoms with Gasteiger partial charge < -0.3 is 10.3 Å². The van der Waals surface area contributed by atoms with Crippen molar-refractivity contribution in [3.05, 3.63) is 54.9 Å². The van der Waals surface area contributed by atoms with E-state index in [1.54, 1.807) is 53.7 Å². The number of benzene rings is 1. The van der Waals surface area contributed by atoms with E-state index in [9.17, 15) is 8.42 Å². The maximum absolute atomic E-state index is 11.8. The van der Waals surface area contributed by atoms with Crippen LogP contribution in [0.4, 0.5) is 5.69 Å². The molecular weight excluding hydrogens is 302 g/mol. The molecule has 3 aromatic rings. The maximum atomic E-state index is 11.8. The number of aromatic amines is 1. The highest BCUT2D eigenvalue weighted by molar-refractivity contribution is 7.90. The number of nitrogens with one attached hydrogen (secondary N) is 2. The van der Waals surface area contributed by atoms with Crippen LogP contribution in [0.2, 0.25) is 0 Å². The first kappa shape index (κ1) is 14.3. The van der Waals surface area contributed by atoms with Gasteiger partial charge in [0.05, 0.1) is 35.2 Å². The number of para-hydroxylation sites is 1. The molecule has 2 aromatic heterocycles. The highest BCUT2D eigenvalue weighted by Crippen LogP contribution is 2.20. The summed E-state index contributed by atoms with van der Waals surface area (Å²) in [6, 6.07) is 6.77. The van der Waals surface area contributed by atoms with E-state index in [1.165, 1.54) is 6.26 Å². The fraction of sp³-hybridized carbons (Fsp3) is 0.143. The summed E-state index contributed by atoms with van der Waals surface area (Å²) in [5.74, 6) is 0.810. The highest BCUT2D eigenvalue weighted by atomic mass is 32.2. The van der Waals surface area contributed by atoms with E-state index in [2.05, 4.69) is 20.4 Å². The van der Waals surface area contributed by atoms with Gasteiger partial charge in [-0.15, -0.1) is 0 Å². The lowest BCUT2D eigenvalue weighted by Crippen LogP contribution is -2.05. The topological polar surface area (TPSA) is 92.7 Å². The number of anilines is 1. The molecule has 0 bridgehead atoms. The molecular formula is C14H15N5O2S. The Morgan fingerprint density at radius 1 is 1.32 bits per heavy atom. The zero-order valence-corrected chi connectivity index (χ0v) is 12.7. The second kappa shape index (κ2) is 5.64. The van der Waals surface area contributed by atoms with Gasteiger partial charge in [-0.1, -0.05) is 12.1 Å². The van der Waals surface area contributed by atoms with Crippen LogP contribution in [0.1, 0.15) is 5.82 Å². The van der Waals surface area contributed by atoms with Crippen LogP contribution in [-0.4, -0.2) is 34.4 Å². The van der Waals surface area contributed by atoms with Gasteiger partial charge in [0.15, 0.2) is 9.84 Å². The second-order valence-corrected chi connectivity index (χ2v) is 6.79. The lowest BCUT2D eigenvalue weighted by atomic mass is 10.3. The van der Waals surface area contributed by atoms with Crippen LogP contribution in [0.5, 0.6) is 0 Å². The first-order chi connectivity index (χ1) is 10.5. The van der Waals surface area contributed by atoms with Crippen molar-refractivity contribution in [3.8, 4) is 5.69 Å². The molecule has 3 rings (SSSR count). The lowest BCUT2D eigenvalue weighted by molar-refractivity contribution is 0.600. The molecule has 114 valence electrons. The normalized spacial score (nSPS) is 11.5. The van der Waals surface area contributed by atoms with Crippen LogP contribution in [0.3, 0.4) is 0 Å². The summed E-state index contributed by atoms with van der Waals surface area (Å²) < 4.78 is 25.2. The van der Waals surface area contributed by atoms with Crippen molar-refractivity contribution in [3.63, 3.8) is 0 Å². The number of imidazole rings is 1. The standard InChI is InChI=1S/C14H15N5O2S/c1-22(20,21)13-5-3-2-4-12(13)19-10-11(8-18-19)17-9-14-15-6-7-16-14/h2-8,10,17H,9H2,1H3,(H,15,16). The zero-order valence-electron chi connectivity index (χ0n) is 11.9. The molecule has 0 amide bonds. The summed E-state index contributed by atoms with van der Waals surface area (Å²) in [4.78, 5) is 7.36. The quantitative estimate of drug-likeness (QED) is 0.746. The third-order valence-electron chi connectivity index (χ3n) is 3.11. The summed E-state index contributed by atoms with van der Waals surface area (Å²) in [6.07, 6.45) is 8.01. The van der Waals surface area contributed by atoms with Crippen molar-refractivity contribution >= 4 is 15.5 Å². The van der Waals surface area contributed by atoms with E-state index in [0.29, 0.717) is 12.2 Å². The van der Waals surface area contributed by atoms with Crippen molar-refractivity contribution < 1.29 is 8.42 Å². The minimum atomic E-state index is -3.32. The van der Waals surface area contributed by atoms with Gasteiger partial charge in [-0.25, -0.2) is 18.1 Å². The number of hydrogen-bond acceptors (Lipinski definition) is 5. The van der Waals surface area contributed by atoms with Crippen LogP contribution in [0, 0.1) is 0 Å². The third-order valence-corrected chi connectivity index (χ3v) is 4.25. The van der Waals surface area contributed by atoms with Crippen molar-refractivity contribution in [1.29, 1.82) is 0 Å². The van der Waals surface area contributed by atoms with Gasteiger partial charge >= 0.3 is 0 Å². The van der Waals surface area contributed by atoms with Crippen LogP contribution in [-0.2, 0) is 16.4 Å². The Morgan fingerprint density at radius 2 is 2.14 bits per heavy atom. The monoisotopic (exact) mass is 317 g/mol. The molecule has 22 heavy (non-hydrogen) atoms. The van der Waals surface area contributed by atoms with Gasteiger partial charge in [-0.2, -0.15) is 5.10 Å². The predicted molar refractivity (Wildman–Crippen MR) is 82.6 cm³/mol. The van der Waals surface area contributed by atoms with Gasteiger partial charge in [0.25, 0.3) is 0 Å². The smallest absolute Gasteiger partial charge is 0.177 e. The van der Waals surface area contributed by atoms with E-state index in [4.69, 9.17) is 0 Å². The summed E-state index contributed by atoms with van der Waals surface area (Å²) in [7, 11) is -3.32. The summed E-state index contributed by atoms with van der Waals surface area (Å²) in [6.45, 7) is 0.534. The summed E-state index contributed by atoms with van der Waals surface area (Å²) in [5.41, 5.74) is 1.30. The van der Waals surface area contributed by atoms with E-state index < -0.39 is 9.84 Å². The molecule has 0 saturated carbocycles. The molecule has 0 fully saturated rings. The first-order valence-electron chi connectivity index (χ1n) is 6.60. The number of aromatic nitrogens is 4. The molecule has 0 aliphatic rings. The molecule has 0 atom stereocenters. The Morgan fingerprint density at radius 3 is 2.86 bits per heavy atom. The molecule has 2 heterocycles. The van der Waals surface area contributed by atoms with Crippen LogP contribution < -0.4 is 5.32 Å². The van der Waals surface area contributed by atoms with Crippen LogP contribution in [0.25, 0.3) is 5.69 Å². The van der Waals surface area contributed by atoms with E-state index in [1.807, 2.05) is 0 Å². The molecule has 0 unspecified atom stereocenters. The fourth-order valence-electron chi connectivity index (χ4n) is 2.09. The molecule has 0 aliphatic heterocycles. The summed E-state index contributed by atoms with van der Waals surface area (Å²) in [5, 5.41) is 7.39. The SMILES string of the molecule is CS(=O)(=O)c1ccccc1-n1cc(NCc2ncc[nH]2)cn1. The average molecular weight is 317 g/mol.